The molecule has 0 spiro atoms. The van der Waals surface area contributed by atoms with E-state index in [4.69, 9.17) is 0 Å². The predicted molar refractivity (Wildman–Crippen MR) is 124 cm³/mol. The number of aryl methyl sites for hydroxylation is 1. The van der Waals surface area contributed by atoms with Gasteiger partial charge in [-0.2, -0.15) is 10.2 Å². The number of carbonyl (C=O) groups excluding carboxylic acids is 2. The molecule has 2 amide bonds. The van der Waals surface area contributed by atoms with Crippen molar-refractivity contribution >= 4 is 17.6 Å². The number of para-hydroxylation sites is 1. The number of hydrogen-bond acceptors (Lipinski definition) is 5. The van der Waals surface area contributed by atoms with Gasteiger partial charge in [-0.15, -0.1) is 0 Å². The van der Waals surface area contributed by atoms with Gasteiger partial charge in [-0.1, -0.05) is 39.0 Å². The minimum atomic E-state index is -0.744. The molecule has 9 heteroatoms. The third kappa shape index (κ3) is 5.42. The second-order valence-electron chi connectivity index (χ2n) is 9.00. The van der Waals surface area contributed by atoms with Crippen LogP contribution in [0.5, 0.6) is 0 Å². The lowest BCUT2D eigenvalue weighted by molar-refractivity contribution is -0.136. The van der Waals surface area contributed by atoms with E-state index in [1.807, 2.05) is 83.3 Å². The van der Waals surface area contributed by atoms with E-state index < -0.39 is 11.8 Å². The number of rotatable bonds is 6. The summed E-state index contributed by atoms with van der Waals surface area (Å²) in [6, 6.07) is 11.2. The maximum atomic E-state index is 12.7. The van der Waals surface area contributed by atoms with Crippen LogP contribution in [0.15, 0.2) is 48.8 Å². The number of benzene rings is 1. The molecule has 0 saturated heterocycles. The summed E-state index contributed by atoms with van der Waals surface area (Å²) in [6.07, 6.45) is 3.65. The van der Waals surface area contributed by atoms with Gasteiger partial charge in [0.15, 0.2) is 0 Å². The van der Waals surface area contributed by atoms with Crippen LogP contribution in [0.4, 0.5) is 5.82 Å². The van der Waals surface area contributed by atoms with Crippen molar-refractivity contribution in [3.8, 4) is 5.69 Å². The molecule has 0 aliphatic heterocycles. The molecule has 3 rings (SSSR count). The number of anilines is 1. The third-order valence-electron chi connectivity index (χ3n) is 5.12. The van der Waals surface area contributed by atoms with Crippen molar-refractivity contribution in [3.05, 3.63) is 60.0 Å². The first kappa shape index (κ1) is 23.2. The fraction of sp³-hybridized carbons (Fsp3) is 0.391. The SMILES string of the molecule is CN(C)[C@H](CNC(=O)C(=O)Nc1cc(C(C)(C)C)nn1-c1ccccc1)c1cnn(C)c1. The average Bonchev–Trinajstić information content (AvgIpc) is 3.35. The predicted octanol–water partition coefficient (Wildman–Crippen LogP) is 2.26. The lowest BCUT2D eigenvalue weighted by Gasteiger charge is -2.23. The highest BCUT2D eigenvalue weighted by molar-refractivity contribution is 6.39. The van der Waals surface area contributed by atoms with Crippen LogP contribution in [0.25, 0.3) is 5.69 Å². The molecule has 2 N–H and O–H groups in total. The zero-order valence-corrected chi connectivity index (χ0v) is 19.5. The van der Waals surface area contributed by atoms with Crippen LogP contribution < -0.4 is 10.6 Å². The van der Waals surface area contributed by atoms with Crippen LogP contribution >= 0.6 is 0 Å². The van der Waals surface area contributed by atoms with Gasteiger partial charge < -0.3 is 15.5 Å². The molecule has 170 valence electrons. The van der Waals surface area contributed by atoms with E-state index >= 15 is 0 Å². The second kappa shape index (κ2) is 9.35. The zero-order chi connectivity index (χ0) is 23.5. The molecular weight excluding hydrogens is 406 g/mol. The Labute approximate surface area is 188 Å². The van der Waals surface area contributed by atoms with Gasteiger partial charge in [0, 0.05) is 36.8 Å². The molecule has 9 nitrogen and oxygen atoms in total. The van der Waals surface area contributed by atoms with E-state index in [2.05, 4.69) is 20.8 Å². The maximum absolute atomic E-state index is 12.7. The molecule has 32 heavy (non-hydrogen) atoms. The Kier molecular flexibility index (Phi) is 6.78. The summed E-state index contributed by atoms with van der Waals surface area (Å²) in [5.41, 5.74) is 2.34. The van der Waals surface area contributed by atoms with Crippen molar-refractivity contribution < 1.29 is 9.59 Å². The van der Waals surface area contributed by atoms with Crippen molar-refractivity contribution in [3.63, 3.8) is 0 Å². The van der Waals surface area contributed by atoms with Gasteiger partial charge in [-0.3, -0.25) is 14.3 Å². The van der Waals surface area contributed by atoms with Crippen molar-refractivity contribution in [1.82, 2.24) is 29.8 Å². The second-order valence-corrected chi connectivity index (χ2v) is 9.00. The summed E-state index contributed by atoms with van der Waals surface area (Å²) in [4.78, 5) is 27.2. The smallest absolute Gasteiger partial charge is 0.314 e. The first-order valence-corrected chi connectivity index (χ1v) is 10.5. The molecule has 0 radical (unpaired) electrons. The highest BCUT2D eigenvalue weighted by atomic mass is 16.2. The van der Waals surface area contributed by atoms with Crippen molar-refractivity contribution in [1.29, 1.82) is 0 Å². The summed E-state index contributed by atoms with van der Waals surface area (Å²) in [5.74, 6) is -1.01. The summed E-state index contributed by atoms with van der Waals surface area (Å²) in [6.45, 7) is 6.41. The van der Waals surface area contributed by atoms with Crippen LogP contribution in [0, 0.1) is 0 Å². The Morgan fingerprint density at radius 3 is 2.38 bits per heavy atom. The monoisotopic (exact) mass is 437 g/mol. The van der Waals surface area contributed by atoms with Crippen LogP contribution in [0.3, 0.4) is 0 Å². The van der Waals surface area contributed by atoms with Crippen molar-refractivity contribution in [2.45, 2.75) is 32.2 Å². The molecule has 0 bridgehead atoms. The minimum absolute atomic E-state index is 0.109. The average molecular weight is 438 g/mol. The molecule has 0 unspecified atom stereocenters. The van der Waals surface area contributed by atoms with Crippen molar-refractivity contribution in [2.75, 3.05) is 26.0 Å². The molecule has 2 aromatic heterocycles. The fourth-order valence-corrected chi connectivity index (χ4v) is 3.26. The Hall–Kier alpha value is -3.46. The zero-order valence-electron chi connectivity index (χ0n) is 19.5. The first-order chi connectivity index (χ1) is 15.1. The summed E-state index contributed by atoms with van der Waals surface area (Å²) >= 11 is 0. The molecule has 0 aliphatic carbocycles. The number of likely N-dealkylation sites (N-methyl/N-ethyl adjacent to an activating group) is 1. The Balaban J connectivity index is 1.74. The standard InChI is InChI=1S/C23H31N7O2/c1-23(2,3)19-12-20(30(27-19)17-10-8-7-9-11-17)26-22(32)21(31)24-14-18(28(4)5)16-13-25-29(6)15-16/h7-13,15,18H,14H2,1-6H3,(H,24,31)(H,26,32)/t18-/m1/s1. The number of aromatic nitrogens is 4. The highest BCUT2D eigenvalue weighted by Crippen LogP contribution is 2.26. The molecule has 3 aromatic rings. The minimum Gasteiger partial charge on any atom is -0.346 e. The van der Waals surface area contributed by atoms with Crippen LogP contribution in [0.1, 0.15) is 38.1 Å². The first-order valence-electron chi connectivity index (χ1n) is 10.5. The lowest BCUT2D eigenvalue weighted by Crippen LogP contribution is -2.40. The molecule has 2 heterocycles. The fourth-order valence-electron chi connectivity index (χ4n) is 3.26. The number of hydrogen-bond donors (Lipinski definition) is 2. The number of nitrogens with zero attached hydrogens (tertiary/aromatic N) is 5. The largest absolute Gasteiger partial charge is 0.346 e. The van der Waals surface area contributed by atoms with E-state index in [1.165, 1.54) is 0 Å². The van der Waals surface area contributed by atoms with Crippen molar-refractivity contribution in [2.24, 2.45) is 7.05 Å². The maximum Gasteiger partial charge on any atom is 0.314 e. The Bertz CT molecular complexity index is 1080. The van der Waals surface area contributed by atoms with Gasteiger partial charge in [0.05, 0.1) is 23.6 Å². The summed E-state index contributed by atoms with van der Waals surface area (Å²) in [5, 5.41) is 14.3. The van der Waals surface area contributed by atoms with E-state index in [-0.39, 0.29) is 18.0 Å². The Morgan fingerprint density at radius 2 is 1.81 bits per heavy atom. The number of nitrogens with one attached hydrogen (secondary N) is 2. The molecular formula is C23H31N7O2. The van der Waals surface area contributed by atoms with Gasteiger partial charge in [-0.25, -0.2) is 4.68 Å². The molecule has 1 atom stereocenters. The van der Waals surface area contributed by atoms with Crippen LogP contribution in [-0.4, -0.2) is 56.9 Å². The van der Waals surface area contributed by atoms with Gasteiger partial charge >= 0.3 is 11.8 Å². The van der Waals surface area contributed by atoms with Gasteiger partial charge in [0.25, 0.3) is 0 Å². The van der Waals surface area contributed by atoms with E-state index in [9.17, 15) is 9.59 Å². The van der Waals surface area contributed by atoms with Crippen LogP contribution in [0.2, 0.25) is 0 Å². The molecule has 0 saturated carbocycles. The lowest BCUT2D eigenvalue weighted by atomic mass is 9.92. The molecule has 0 fully saturated rings. The van der Waals surface area contributed by atoms with Gasteiger partial charge in [-0.05, 0) is 26.2 Å². The van der Waals surface area contributed by atoms with E-state index in [0.717, 1.165) is 16.9 Å². The molecule has 1 aromatic carbocycles. The van der Waals surface area contributed by atoms with E-state index in [1.54, 1.807) is 21.6 Å². The van der Waals surface area contributed by atoms with Gasteiger partial charge in [0.1, 0.15) is 5.82 Å². The third-order valence-corrected chi connectivity index (χ3v) is 5.12. The number of carbonyl (C=O) groups is 2. The normalized spacial score (nSPS) is 12.6. The topological polar surface area (TPSA) is 97.1 Å². The van der Waals surface area contributed by atoms with Gasteiger partial charge in [0.2, 0.25) is 0 Å². The molecule has 0 aliphatic rings. The quantitative estimate of drug-likeness (QED) is 0.577. The van der Waals surface area contributed by atoms with Crippen LogP contribution in [-0.2, 0) is 22.1 Å². The summed E-state index contributed by atoms with van der Waals surface area (Å²) in [7, 11) is 5.66. The summed E-state index contributed by atoms with van der Waals surface area (Å²) < 4.78 is 3.35. The van der Waals surface area contributed by atoms with E-state index in [0.29, 0.717) is 5.82 Å². The number of amides is 2. The Morgan fingerprint density at radius 1 is 1.12 bits per heavy atom. The highest BCUT2D eigenvalue weighted by Gasteiger charge is 2.24.